The van der Waals surface area contributed by atoms with Crippen LogP contribution in [0, 0.1) is 0 Å². The van der Waals surface area contributed by atoms with Crippen LogP contribution in [0.5, 0.6) is 0 Å². The molecular formula is C22H26N4O3S. The Labute approximate surface area is 180 Å². The highest BCUT2D eigenvalue weighted by molar-refractivity contribution is 7.10. The number of thiophene rings is 1. The van der Waals surface area contributed by atoms with E-state index in [2.05, 4.69) is 21.7 Å². The summed E-state index contributed by atoms with van der Waals surface area (Å²) < 4.78 is 0. The molecule has 0 unspecified atom stereocenters. The van der Waals surface area contributed by atoms with Crippen molar-refractivity contribution in [1.82, 2.24) is 20.1 Å². The van der Waals surface area contributed by atoms with Gasteiger partial charge in [0.1, 0.15) is 0 Å². The first kappa shape index (κ1) is 20.5. The fourth-order valence-corrected chi connectivity index (χ4v) is 4.93. The van der Waals surface area contributed by atoms with Gasteiger partial charge in [0.25, 0.3) is 5.91 Å². The smallest absolute Gasteiger partial charge is 0.253 e. The molecule has 2 aliphatic heterocycles. The molecular weight excluding hydrogens is 400 g/mol. The van der Waals surface area contributed by atoms with Crippen LogP contribution in [0.4, 0.5) is 0 Å². The third-order valence-electron chi connectivity index (χ3n) is 5.80. The second-order valence-electron chi connectivity index (χ2n) is 7.80. The number of nitrogens with zero attached hydrogens (tertiary/aromatic N) is 3. The van der Waals surface area contributed by atoms with Gasteiger partial charge in [0.05, 0.1) is 0 Å². The Morgan fingerprint density at radius 3 is 2.57 bits per heavy atom. The van der Waals surface area contributed by atoms with Gasteiger partial charge < -0.3 is 15.1 Å². The highest BCUT2D eigenvalue weighted by Crippen LogP contribution is 2.24. The second-order valence-corrected chi connectivity index (χ2v) is 8.80. The van der Waals surface area contributed by atoms with Crippen LogP contribution in [0.1, 0.15) is 46.5 Å². The minimum absolute atomic E-state index is 0.00286. The largest absolute Gasteiger partial charge is 0.353 e. The van der Waals surface area contributed by atoms with Crippen molar-refractivity contribution in [3.63, 3.8) is 0 Å². The van der Waals surface area contributed by atoms with E-state index < -0.39 is 0 Å². The van der Waals surface area contributed by atoms with Crippen LogP contribution in [0.2, 0.25) is 0 Å². The lowest BCUT2D eigenvalue weighted by atomic mass is 10.0. The van der Waals surface area contributed by atoms with Crippen molar-refractivity contribution in [1.29, 1.82) is 0 Å². The average molecular weight is 427 g/mol. The number of hydrogen-bond donors (Lipinski definition) is 1. The van der Waals surface area contributed by atoms with Crippen molar-refractivity contribution < 1.29 is 14.4 Å². The van der Waals surface area contributed by atoms with Gasteiger partial charge in [-0.3, -0.25) is 19.4 Å². The van der Waals surface area contributed by atoms with E-state index >= 15 is 0 Å². The molecule has 0 aliphatic carbocycles. The van der Waals surface area contributed by atoms with Gasteiger partial charge in [-0.15, -0.1) is 11.3 Å². The van der Waals surface area contributed by atoms with E-state index in [-0.39, 0.29) is 36.6 Å². The van der Waals surface area contributed by atoms with E-state index in [0.717, 1.165) is 25.8 Å². The standard InChI is InChI=1S/C22H26N4O3S/c27-20(1-2-21(28)26-13-7-19-17(15-26)8-14-30-19)24-18-5-11-25(12-6-18)22(29)16-3-9-23-10-4-16/h3-4,8-10,14,18H,1-2,5-7,11-13,15H2,(H,24,27). The number of likely N-dealkylation sites (tertiary alicyclic amines) is 1. The zero-order valence-electron chi connectivity index (χ0n) is 16.9. The van der Waals surface area contributed by atoms with Crippen LogP contribution in [-0.2, 0) is 22.6 Å². The Bertz CT molecular complexity index is 906. The predicted octanol–water partition coefficient (Wildman–Crippen LogP) is 2.23. The van der Waals surface area contributed by atoms with Gasteiger partial charge >= 0.3 is 0 Å². The highest BCUT2D eigenvalue weighted by Gasteiger charge is 2.25. The summed E-state index contributed by atoms with van der Waals surface area (Å²) >= 11 is 1.75. The zero-order valence-corrected chi connectivity index (χ0v) is 17.7. The second kappa shape index (κ2) is 9.38. The molecule has 4 heterocycles. The fraction of sp³-hybridized carbons (Fsp3) is 0.455. The molecule has 0 spiro atoms. The van der Waals surface area contributed by atoms with E-state index in [1.165, 1.54) is 10.4 Å². The number of carbonyl (C=O) groups excluding carboxylic acids is 3. The molecule has 3 amide bonds. The van der Waals surface area contributed by atoms with Gasteiger partial charge in [-0.25, -0.2) is 0 Å². The summed E-state index contributed by atoms with van der Waals surface area (Å²) in [4.78, 5) is 46.3. The third kappa shape index (κ3) is 4.87. The Morgan fingerprint density at radius 2 is 1.80 bits per heavy atom. The quantitative estimate of drug-likeness (QED) is 0.795. The molecule has 7 nitrogen and oxygen atoms in total. The molecule has 0 bridgehead atoms. The maximum absolute atomic E-state index is 12.5. The zero-order chi connectivity index (χ0) is 20.9. The molecule has 1 N–H and O–H groups in total. The third-order valence-corrected chi connectivity index (χ3v) is 6.82. The van der Waals surface area contributed by atoms with Gasteiger partial charge in [-0.2, -0.15) is 0 Å². The summed E-state index contributed by atoms with van der Waals surface area (Å²) in [6.45, 7) is 2.62. The van der Waals surface area contributed by atoms with Crippen molar-refractivity contribution in [2.75, 3.05) is 19.6 Å². The number of carbonyl (C=O) groups is 3. The monoisotopic (exact) mass is 426 g/mol. The van der Waals surface area contributed by atoms with Crippen LogP contribution < -0.4 is 5.32 Å². The summed E-state index contributed by atoms with van der Waals surface area (Å²) in [7, 11) is 0. The van der Waals surface area contributed by atoms with Gasteiger partial charge in [-0.05, 0) is 48.4 Å². The average Bonchev–Trinajstić information content (AvgIpc) is 3.26. The number of piperidine rings is 1. The molecule has 0 radical (unpaired) electrons. The Balaban J connectivity index is 1.17. The molecule has 2 aliphatic rings. The first-order chi connectivity index (χ1) is 14.6. The molecule has 2 aromatic heterocycles. The summed E-state index contributed by atoms with van der Waals surface area (Å²) in [6.07, 6.45) is 6.04. The minimum Gasteiger partial charge on any atom is -0.353 e. The van der Waals surface area contributed by atoms with E-state index in [9.17, 15) is 14.4 Å². The van der Waals surface area contributed by atoms with Crippen molar-refractivity contribution in [2.45, 2.75) is 44.7 Å². The number of nitrogens with one attached hydrogen (secondary N) is 1. The predicted molar refractivity (Wildman–Crippen MR) is 114 cm³/mol. The van der Waals surface area contributed by atoms with Gasteiger partial charge in [0.2, 0.25) is 11.8 Å². The van der Waals surface area contributed by atoms with Crippen LogP contribution in [-0.4, -0.2) is 58.2 Å². The van der Waals surface area contributed by atoms with E-state index in [1.54, 1.807) is 35.9 Å². The number of rotatable bonds is 5. The van der Waals surface area contributed by atoms with Crippen molar-refractivity contribution in [3.8, 4) is 0 Å². The highest BCUT2D eigenvalue weighted by atomic mass is 32.1. The molecule has 4 rings (SSSR count). The van der Waals surface area contributed by atoms with Gasteiger partial charge in [0.15, 0.2) is 0 Å². The number of pyridine rings is 1. The SMILES string of the molecule is O=C(CCC(=O)N1CCc2sccc2C1)NC1CCN(C(=O)c2ccncc2)CC1. The summed E-state index contributed by atoms with van der Waals surface area (Å²) in [6, 6.07) is 5.57. The molecule has 2 aromatic rings. The number of amides is 3. The molecule has 1 fully saturated rings. The Morgan fingerprint density at radius 1 is 1.03 bits per heavy atom. The molecule has 0 aromatic carbocycles. The summed E-state index contributed by atoms with van der Waals surface area (Å²) in [5.41, 5.74) is 1.87. The topological polar surface area (TPSA) is 82.6 Å². The minimum atomic E-state index is -0.0875. The molecule has 8 heteroatoms. The lowest BCUT2D eigenvalue weighted by Crippen LogP contribution is -2.46. The maximum Gasteiger partial charge on any atom is 0.253 e. The van der Waals surface area contributed by atoms with E-state index in [0.29, 0.717) is 25.2 Å². The van der Waals surface area contributed by atoms with E-state index in [1.807, 2.05) is 9.80 Å². The van der Waals surface area contributed by atoms with Crippen molar-refractivity contribution in [2.24, 2.45) is 0 Å². The molecule has 0 saturated carbocycles. The first-order valence-electron chi connectivity index (χ1n) is 10.4. The van der Waals surface area contributed by atoms with Gasteiger partial charge in [0, 0.05) is 67.9 Å². The van der Waals surface area contributed by atoms with Crippen molar-refractivity contribution >= 4 is 29.1 Å². The lowest BCUT2D eigenvalue weighted by Gasteiger charge is -2.32. The van der Waals surface area contributed by atoms with Crippen LogP contribution >= 0.6 is 11.3 Å². The van der Waals surface area contributed by atoms with Crippen molar-refractivity contribution in [3.05, 3.63) is 52.0 Å². The Hall–Kier alpha value is -2.74. The maximum atomic E-state index is 12.5. The van der Waals surface area contributed by atoms with Crippen LogP contribution in [0.3, 0.4) is 0 Å². The number of aromatic nitrogens is 1. The summed E-state index contributed by atoms with van der Waals surface area (Å²) in [5, 5.41) is 5.10. The normalized spacial score (nSPS) is 16.8. The van der Waals surface area contributed by atoms with Gasteiger partial charge in [-0.1, -0.05) is 0 Å². The van der Waals surface area contributed by atoms with E-state index in [4.69, 9.17) is 0 Å². The number of fused-ring (bicyclic) bond motifs is 1. The fourth-order valence-electron chi connectivity index (χ4n) is 4.04. The molecule has 158 valence electrons. The first-order valence-corrected chi connectivity index (χ1v) is 11.3. The molecule has 1 saturated heterocycles. The summed E-state index contributed by atoms with van der Waals surface area (Å²) in [5.74, 6) is -0.0432. The molecule has 0 atom stereocenters. The number of hydrogen-bond acceptors (Lipinski definition) is 5. The lowest BCUT2D eigenvalue weighted by molar-refractivity contribution is -0.134. The Kier molecular flexibility index (Phi) is 6.42. The van der Waals surface area contributed by atoms with Crippen LogP contribution in [0.15, 0.2) is 36.0 Å². The van der Waals surface area contributed by atoms with Crippen LogP contribution in [0.25, 0.3) is 0 Å². The molecule has 30 heavy (non-hydrogen) atoms.